The highest BCUT2D eigenvalue weighted by atomic mass is 16.2. The molecule has 0 spiro atoms. The lowest BCUT2D eigenvalue weighted by Gasteiger charge is -2.06. The van der Waals surface area contributed by atoms with E-state index in [0.29, 0.717) is 6.61 Å². The number of nitrogens with one attached hydrogen (secondary N) is 2. The van der Waals surface area contributed by atoms with E-state index in [1.54, 1.807) is 0 Å². The monoisotopic (exact) mass is 232 g/mol. The van der Waals surface area contributed by atoms with Crippen LogP contribution in [-0.4, -0.2) is 23.2 Å². The van der Waals surface area contributed by atoms with Gasteiger partial charge in [-0.25, -0.2) is 0 Å². The van der Waals surface area contributed by atoms with Crippen LogP contribution >= 0.6 is 0 Å². The minimum Gasteiger partial charge on any atom is -0.396 e. The van der Waals surface area contributed by atoms with Crippen LogP contribution in [0.1, 0.15) is 24.8 Å². The van der Waals surface area contributed by atoms with Crippen LogP contribution in [0.3, 0.4) is 0 Å². The van der Waals surface area contributed by atoms with Crippen LogP contribution in [0.4, 0.5) is 0 Å². The maximum atomic E-state index is 8.67. The average Bonchev–Trinajstić information content (AvgIpc) is 2.82. The summed E-state index contributed by atoms with van der Waals surface area (Å²) in [7, 11) is 0. The number of aromatic nitrogens is 1. The Kier molecular flexibility index (Phi) is 4.59. The summed E-state index contributed by atoms with van der Waals surface area (Å²) in [4.78, 5) is 3.22. The van der Waals surface area contributed by atoms with Crippen LogP contribution in [0.2, 0.25) is 0 Å². The third-order valence-corrected chi connectivity index (χ3v) is 3.01. The molecule has 3 heteroatoms. The zero-order valence-electron chi connectivity index (χ0n) is 10.1. The lowest BCUT2D eigenvalue weighted by Crippen LogP contribution is -2.14. The summed E-state index contributed by atoms with van der Waals surface area (Å²) in [5.74, 6) is 0. The second kappa shape index (κ2) is 6.42. The largest absolute Gasteiger partial charge is 0.396 e. The second-order valence-electron chi connectivity index (χ2n) is 4.32. The highest BCUT2D eigenvalue weighted by Crippen LogP contribution is 2.16. The van der Waals surface area contributed by atoms with E-state index in [1.165, 1.54) is 16.5 Å². The predicted octanol–water partition coefficient (Wildman–Crippen LogP) is 2.42. The molecule has 0 bridgehead atoms. The van der Waals surface area contributed by atoms with Crippen LogP contribution in [0, 0.1) is 0 Å². The van der Waals surface area contributed by atoms with Crippen LogP contribution in [0.15, 0.2) is 30.5 Å². The van der Waals surface area contributed by atoms with Gasteiger partial charge in [0.05, 0.1) is 0 Å². The van der Waals surface area contributed by atoms with Crippen LogP contribution in [0.25, 0.3) is 10.9 Å². The Morgan fingerprint density at radius 1 is 1.12 bits per heavy atom. The summed E-state index contributed by atoms with van der Waals surface area (Å²) in [6.45, 7) is 2.23. The van der Waals surface area contributed by atoms with Crippen LogP contribution in [-0.2, 0) is 6.54 Å². The zero-order chi connectivity index (χ0) is 11.9. The fraction of sp³-hybridized carbons (Fsp3) is 0.429. The Hall–Kier alpha value is -1.32. The minimum atomic E-state index is 0.308. The molecule has 2 aromatic rings. The molecule has 0 saturated heterocycles. The Bertz CT molecular complexity index is 450. The summed E-state index contributed by atoms with van der Waals surface area (Å²) in [6.07, 6.45) is 5.12. The molecule has 0 radical (unpaired) electrons. The van der Waals surface area contributed by atoms with Crippen molar-refractivity contribution in [1.29, 1.82) is 0 Å². The van der Waals surface area contributed by atoms with Gasteiger partial charge < -0.3 is 15.4 Å². The number of benzene rings is 1. The normalized spacial score (nSPS) is 11.1. The maximum absolute atomic E-state index is 8.67. The van der Waals surface area contributed by atoms with E-state index in [9.17, 15) is 0 Å². The van der Waals surface area contributed by atoms with Crippen LogP contribution < -0.4 is 5.32 Å². The lowest BCUT2D eigenvalue weighted by molar-refractivity contribution is 0.283. The summed E-state index contributed by atoms with van der Waals surface area (Å²) < 4.78 is 0. The van der Waals surface area contributed by atoms with Crippen molar-refractivity contribution < 1.29 is 5.11 Å². The molecule has 17 heavy (non-hydrogen) atoms. The van der Waals surface area contributed by atoms with Gasteiger partial charge in [0.1, 0.15) is 0 Å². The number of unbranched alkanes of at least 4 members (excludes halogenated alkanes) is 2. The number of hydrogen-bond donors (Lipinski definition) is 3. The van der Waals surface area contributed by atoms with Gasteiger partial charge in [0, 0.05) is 30.3 Å². The highest BCUT2D eigenvalue weighted by Gasteiger charge is 2.00. The van der Waals surface area contributed by atoms with E-state index in [0.717, 1.165) is 32.4 Å². The Morgan fingerprint density at radius 3 is 2.94 bits per heavy atom. The van der Waals surface area contributed by atoms with Crippen molar-refractivity contribution in [1.82, 2.24) is 10.3 Å². The number of aliphatic hydroxyl groups is 1. The van der Waals surface area contributed by atoms with Gasteiger partial charge in [-0.05, 0) is 43.5 Å². The summed E-state index contributed by atoms with van der Waals surface area (Å²) in [5.41, 5.74) is 2.54. The van der Waals surface area contributed by atoms with E-state index in [2.05, 4.69) is 34.6 Å². The predicted molar refractivity (Wildman–Crippen MR) is 70.9 cm³/mol. The summed E-state index contributed by atoms with van der Waals surface area (Å²) in [5, 5.41) is 13.4. The number of aliphatic hydroxyl groups excluding tert-OH is 1. The molecule has 0 saturated carbocycles. The van der Waals surface area contributed by atoms with Gasteiger partial charge in [-0.15, -0.1) is 0 Å². The molecule has 0 unspecified atom stereocenters. The minimum absolute atomic E-state index is 0.308. The van der Waals surface area contributed by atoms with E-state index in [4.69, 9.17) is 5.11 Å². The smallest absolute Gasteiger partial charge is 0.0457 e. The molecule has 0 fully saturated rings. The van der Waals surface area contributed by atoms with E-state index in [-0.39, 0.29) is 0 Å². The molecular weight excluding hydrogens is 212 g/mol. The number of aromatic amines is 1. The Balaban J connectivity index is 1.80. The first-order valence-corrected chi connectivity index (χ1v) is 6.28. The maximum Gasteiger partial charge on any atom is 0.0457 e. The quantitative estimate of drug-likeness (QED) is 0.642. The molecule has 0 aliphatic heterocycles. The average molecular weight is 232 g/mol. The molecule has 0 atom stereocenters. The first kappa shape index (κ1) is 12.1. The number of fused-ring (bicyclic) bond motifs is 1. The zero-order valence-corrected chi connectivity index (χ0v) is 10.1. The first-order chi connectivity index (χ1) is 8.42. The topological polar surface area (TPSA) is 48.0 Å². The standard InChI is InChI=1S/C14H20N2O/c17-10-3-1-2-8-15-11-12-5-4-6-14-13(12)7-9-16-14/h4-7,9,15-17H,1-3,8,10-11H2. The van der Waals surface area contributed by atoms with Crippen molar-refractivity contribution in [2.24, 2.45) is 0 Å². The van der Waals surface area contributed by atoms with Crippen molar-refractivity contribution >= 4 is 10.9 Å². The van der Waals surface area contributed by atoms with Crippen molar-refractivity contribution in [3.63, 3.8) is 0 Å². The third kappa shape index (κ3) is 3.32. The molecule has 1 heterocycles. The first-order valence-electron chi connectivity index (χ1n) is 6.28. The lowest BCUT2D eigenvalue weighted by atomic mass is 10.1. The Labute approximate surface area is 102 Å². The third-order valence-electron chi connectivity index (χ3n) is 3.01. The van der Waals surface area contributed by atoms with Crippen molar-refractivity contribution in [3.8, 4) is 0 Å². The van der Waals surface area contributed by atoms with Gasteiger partial charge in [0.2, 0.25) is 0 Å². The van der Waals surface area contributed by atoms with Crippen LogP contribution in [0.5, 0.6) is 0 Å². The van der Waals surface area contributed by atoms with E-state index >= 15 is 0 Å². The van der Waals surface area contributed by atoms with Gasteiger partial charge in [-0.1, -0.05) is 12.1 Å². The number of rotatable bonds is 7. The summed E-state index contributed by atoms with van der Waals surface area (Å²) in [6, 6.07) is 8.47. The van der Waals surface area contributed by atoms with Crippen molar-refractivity contribution in [3.05, 3.63) is 36.0 Å². The highest BCUT2D eigenvalue weighted by molar-refractivity contribution is 5.82. The molecule has 2 rings (SSSR count). The fourth-order valence-electron chi connectivity index (χ4n) is 2.07. The molecule has 0 amide bonds. The van der Waals surface area contributed by atoms with Crippen molar-refractivity contribution in [2.45, 2.75) is 25.8 Å². The molecular formula is C14H20N2O. The SMILES string of the molecule is OCCCCCNCc1cccc2[nH]ccc12. The van der Waals surface area contributed by atoms with Gasteiger partial charge in [0.15, 0.2) is 0 Å². The number of hydrogen-bond acceptors (Lipinski definition) is 2. The molecule has 3 N–H and O–H groups in total. The molecule has 0 aliphatic carbocycles. The Morgan fingerprint density at radius 2 is 2.06 bits per heavy atom. The van der Waals surface area contributed by atoms with Gasteiger partial charge in [-0.3, -0.25) is 0 Å². The number of H-pyrrole nitrogens is 1. The van der Waals surface area contributed by atoms with Gasteiger partial charge in [-0.2, -0.15) is 0 Å². The van der Waals surface area contributed by atoms with Gasteiger partial charge in [0.25, 0.3) is 0 Å². The molecule has 92 valence electrons. The molecule has 1 aromatic carbocycles. The van der Waals surface area contributed by atoms with E-state index in [1.807, 2.05) is 6.20 Å². The molecule has 0 aliphatic rings. The second-order valence-corrected chi connectivity index (χ2v) is 4.32. The molecule has 1 aromatic heterocycles. The fourth-order valence-corrected chi connectivity index (χ4v) is 2.07. The summed E-state index contributed by atoms with van der Waals surface area (Å²) >= 11 is 0. The van der Waals surface area contributed by atoms with Gasteiger partial charge >= 0.3 is 0 Å². The van der Waals surface area contributed by atoms with E-state index < -0.39 is 0 Å². The van der Waals surface area contributed by atoms with Crippen molar-refractivity contribution in [2.75, 3.05) is 13.2 Å². The molecule has 3 nitrogen and oxygen atoms in total.